The molecule has 1 atom stereocenters. The molecule has 3 N–H and O–H groups in total. The van der Waals surface area contributed by atoms with Crippen LogP contribution in [0.5, 0.6) is 0 Å². The summed E-state index contributed by atoms with van der Waals surface area (Å²) in [5.74, 6) is -1.37. The number of nitrogens with zero attached hydrogens (tertiary/aromatic N) is 1. The highest BCUT2D eigenvalue weighted by Crippen LogP contribution is 2.27. The minimum Gasteiger partial charge on any atom is -0.323 e. The van der Waals surface area contributed by atoms with Gasteiger partial charge in [0.25, 0.3) is 5.69 Å². The van der Waals surface area contributed by atoms with Crippen molar-refractivity contribution < 1.29 is 26.9 Å². The molecule has 0 bridgehead atoms. The first-order chi connectivity index (χ1) is 10.2. The Kier molecular flexibility index (Phi) is 4.08. The maximum atomic E-state index is 11.5. The van der Waals surface area contributed by atoms with Gasteiger partial charge in [0, 0.05) is 6.07 Å². The van der Waals surface area contributed by atoms with Crippen molar-refractivity contribution in [2.45, 2.75) is 6.04 Å². The molecule has 0 aromatic heterocycles. The third kappa shape index (κ3) is 3.36. The number of carbonyl (C=O) groups excluding carboxylic acids is 1. The van der Waals surface area contributed by atoms with Gasteiger partial charge in [0.2, 0.25) is 0 Å². The SMILES string of the molecule is NC(C(=O)OS(=O)(=O)O)c1ccc2c([N+](=O)[O-])cccc2c1. The lowest BCUT2D eigenvalue weighted by molar-refractivity contribution is -0.383. The predicted octanol–water partition coefficient (Wildman–Crippen LogP) is 1.09. The molecule has 0 aliphatic carbocycles. The Balaban J connectivity index is 2.42. The normalized spacial score (nSPS) is 12.8. The average molecular weight is 326 g/mol. The fourth-order valence-corrected chi connectivity index (χ4v) is 2.24. The van der Waals surface area contributed by atoms with Crippen LogP contribution in [0.2, 0.25) is 0 Å². The fraction of sp³-hybridized carbons (Fsp3) is 0.0833. The summed E-state index contributed by atoms with van der Waals surface area (Å²) in [7, 11) is -4.96. The van der Waals surface area contributed by atoms with Gasteiger partial charge in [-0.05, 0) is 23.1 Å². The zero-order valence-electron chi connectivity index (χ0n) is 10.9. The highest BCUT2D eigenvalue weighted by atomic mass is 32.3. The third-order valence-electron chi connectivity index (χ3n) is 2.88. The quantitative estimate of drug-likeness (QED) is 0.481. The van der Waals surface area contributed by atoms with E-state index in [1.165, 1.54) is 30.3 Å². The molecule has 2 rings (SSSR count). The van der Waals surface area contributed by atoms with E-state index in [0.717, 1.165) is 0 Å². The summed E-state index contributed by atoms with van der Waals surface area (Å²) in [5, 5.41) is 11.7. The summed E-state index contributed by atoms with van der Waals surface area (Å²) in [6.07, 6.45) is 0. The summed E-state index contributed by atoms with van der Waals surface area (Å²) in [6.45, 7) is 0. The number of nitro groups is 1. The molecule has 0 aliphatic rings. The second-order valence-corrected chi connectivity index (χ2v) is 5.34. The molecule has 0 fully saturated rings. The van der Waals surface area contributed by atoms with E-state index >= 15 is 0 Å². The maximum absolute atomic E-state index is 11.5. The van der Waals surface area contributed by atoms with Crippen LogP contribution in [0.25, 0.3) is 10.8 Å². The third-order valence-corrected chi connectivity index (χ3v) is 3.25. The topological polar surface area (TPSA) is 150 Å². The van der Waals surface area contributed by atoms with Crippen molar-refractivity contribution in [3.63, 3.8) is 0 Å². The van der Waals surface area contributed by atoms with E-state index in [2.05, 4.69) is 4.18 Å². The molecule has 22 heavy (non-hydrogen) atoms. The van der Waals surface area contributed by atoms with Crippen LogP contribution in [-0.2, 0) is 19.4 Å². The van der Waals surface area contributed by atoms with E-state index < -0.39 is 27.3 Å². The Morgan fingerprint density at radius 1 is 1.32 bits per heavy atom. The van der Waals surface area contributed by atoms with Gasteiger partial charge >= 0.3 is 16.4 Å². The summed E-state index contributed by atoms with van der Waals surface area (Å²) in [6, 6.07) is 7.03. The van der Waals surface area contributed by atoms with Gasteiger partial charge in [-0.1, -0.05) is 18.2 Å². The van der Waals surface area contributed by atoms with E-state index in [9.17, 15) is 23.3 Å². The van der Waals surface area contributed by atoms with Crippen molar-refractivity contribution in [3.05, 3.63) is 52.1 Å². The lowest BCUT2D eigenvalue weighted by Crippen LogP contribution is -2.25. The van der Waals surface area contributed by atoms with Crippen LogP contribution in [0.3, 0.4) is 0 Å². The van der Waals surface area contributed by atoms with Crippen LogP contribution >= 0.6 is 0 Å². The minimum atomic E-state index is -4.96. The highest BCUT2D eigenvalue weighted by molar-refractivity contribution is 7.81. The molecule has 10 heteroatoms. The Bertz CT molecular complexity index is 863. The lowest BCUT2D eigenvalue weighted by Gasteiger charge is -2.10. The Labute approximate surface area is 124 Å². The molecule has 0 saturated heterocycles. The second kappa shape index (κ2) is 5.67. The first-order valence-corrected chi connectivity index (χ1v) is 7.19. The number of non-ortho nitro benzene ring substituents is 1. The van der Waals surface area contributed by atoms with Crippen LogP contribution in [0.4, 0.5) is 5.69 Å². The lowest BCUT2D eigenvalue weighted by atomic mass is 10.0. The molecule has 0 aliphatic heterocycles. The van der Waals surface area contributed by atoms with Gasteiger partial charge in [0.15, 0.2) is 0 Å². The molecular weight excluding hydrogens is 316 g/mol. The van der Waals surface area contributed by atoms with Crippen molar-refractivity contribution in [2.24, 2.45) is 5.73 Å². The van der Waals surface area contributed by atoms with E-state index in [0.29, 0.717) is 10.8 Å². The largest absolute Gasteiger partial charge is 0.449 e. The second-order valence-electron chi connectivity index (χ2n) is 4.32. The number of carbonyl (C=O) groups is 1. The first kappa shape index (κ1) is 15.8. The van der Waals surface area contributed by atoms with Gasteiger partial charge in [-0.3, -0.25) is 14.7 Å². The molecule has 0 heterocycles. The van der Waals surface area contributed by atoms with Gasteiger partial charge in [-0.2, -0.15) is 8.42 Å². The van der Waals surface area contributed by atoms with E-state index in [1.54, 1.807) is 6.07 Å². The molecule has 116 valence electrons. The summed E-state index contributed by atoms with van der Waals surface area (Å²) < 4.78 is 33.2. The van der Waals surface area contributed by atoms with Crippen LogP contribution in [0, 0.1) is 10.1 Å². The number of benzene rings is 2. The van der Waals surface area contributed by atoms with Crippen molar-refractivity contribution >= 4 is 32.8 Å². The number of nitrogens with two attached hydrogens (primary N) is 1. The van der Waals surface area contributed by atoms with Gasteiger partial charge < -0.3 is 9.92 Å². The smallest absolute Gasteiger partial charge is 0.323 e. The van der Waals surface area contributed by atoms with Gasteiger partial charge in [-0.25, -0.2) is 4.79 Å². The highest BCUT2D eigenvalue weighted by Gasteiger charge is 2.23. The monoisotopic (exact) mass is 326 g/mol. The maximum Gasteiger partial charge on any atom is 0.449 e. The Morgan fingerprint density at radius 3 is 2.59 bits per heavy atom. The number of nitro benzene ring substituents is 1. The average Bonchev–Trinajstić information content (AvgIpc) is 2.43. The Hall–Kier alpha value is -2.56. The van der Waals surface area contributed by atoms with E-state index in [4.69, 9.17) is 10.3 Å². The number of rotatable bonds is 4. The van der Waals surface area contributed by atoms with Crippen LogP contribution < -0.4 is 5.73 Å². The fourth-order valence-electron chi connectivity index (χ4n) is 1.93. The number of hydrogen-bond donors (Lipinski definition) is 2. The standard InChI is InChI=1S/C12H10N2O7S/c13-11(12(15)21-22(18,19)20)8-4-5-9-7(6-8)2-1-3-10(9)14(16)17/h1-6,11H,13H2,(H,18,19,20). The zero-order chi connectivity index (χ0) is 16.5. The predicted molar refractivity (Wildman–Crippen MR) is 75.2 cm³/mol. The molecule has 0 saturated carbocycles. The molecular formula is C12H10N2O7S. The number of hydrogen-bond acceptors (Lipinski definition) is 7. The van der Waals surface area contributed by atoms with E-state index in [-0.39, 0.29) is 11.3 Å². The van der Waals surface area contributed by atoms with Crippen molar-refractivity contribution in [3.8, 4) is 0 Å². The van der Waals surface area contributed by atoms with Crippen molar-refractivity contribution in [2.75, 3.05) is 0 Å². The van der Waals surface area contributed by atoms with Gasteiger partial charge in [-0.15, -0.1) is 0 Å². The van der Waals surface area contributed by atoms with Crippen molar-refractivity contribution in [1.29, 1.82) is 0 Å². The summed E-state index contributed by atoms with van der Waals surface area (Å²) >= 11 is 0. The zero-order valence-corrected chi connectivity index (χ0v) is 11.7. The molecule has 0 radical (unpaired) electrons. The van der Waals surface area contributed by atoms with Crippen molar-refractivity contribution in [1.82, 2.24) is 0 Å². The molecule has 0 spiro atoms. The number of fused-ring (bicyclic) bond motifs is 1. The van der Waals surface area contributed by atoms with Crippen LogP contribution in [0.15, 0.2) is 36.4 Å². The van der Waals surface area contributed by atoms with Gasteiger partial charge in [0.1, 0.15) is 6.04 Å². The Morgan fingerprint density at radius 2 is 2.00 bits per heavy atom. The van der Waals surface area contributed by atoms with E-state index in [1.807, 2.05) is 0 Å². The molecule has 1 unspecified atom stereocenters. The molecule has 0 amide bonds. The van der Waals surface area contributed by atoms with Gasteiger partial charge in [0.05, 0.1) is 10.3 Å². The summed E-state index contributed by atoms with van der Waals surface area (Å²) in [5.41, 5.74) is 5.62. The van der Waals surface area contributed by atoms with Crippen LogP contribution in [0.1, 0.15) is 11.6 Å². The molecule has 2 aromatic rings. The summed E-state index contributed by atoms with van der Waals surface area (Å²) in [4.78, 5) is 21.8. The molecule has 9 nitrogen and oxygen atoms in total. The van der Waals surface area contributed by atoms with Crippen LogP contribution in [-0.4, -0.2) is 23.9 Å². The minimum absolute atomic E-state index is 0.113. The molecule has 2 aromatic carbocycles. The first-order valence-electron chi connectivity index (χ1n) is 5.82.